The normalized spacial score (nSPS) is 16.7. The van der Waals surface area contributed by atoms with Crippen LogP contribution in [-0.4, -0.2) is 41.1 Å². The van der Waals surface area contributed by atoms with Crippen LogP contribution in [0.3, 0.4) is 0 Å². The van der Waals surface area contributed by atoms with E-state index >= 15 is 0 Å². The Morgan fingerprint density at radius 1 is 1.26 bits per heavy atom. The van der Waals surface area contributed by atoms with Crippen LogP contribution in [0.5, 0.6) is 0 Å². The summed E-state index contributed by atoms with van der Waals surface area (Å²) in [7, 11) is 0. The van der Waals surface area contributed by atoms with E-state index in [2.05, 4.69) is 34.0 Å². The lowest BCUT2D eigenvalue weighted by atomic mass is 10.2. The number of thioether (sulfide) groups is 1. The lowest BCUT2D eigenvalue weighted by Crippen LogP contribution is -2.27. The van der Waals surface area contributed by atoms with Crippen molar-refractivity contribution in [1.82, 2.24) is 15.3 Å². The summed E-state index contributed by atoms with van der Waals surface area (Å²) in [6.45, 7) is 8.46. The zero-order valence-corrected chi connectivity index (χ0v) is 12.7. The fourth-order valence-corrected chi connectivity index (χ4v) is 2.94. The Morgan fingerprint density at radius 2 is 2.05 bits per heavy atom. The molecule has 0 bridgehead atoms. The first kappa shape index (κ1) is 14.6. The van der Waals surface area contributed by atoms with Gasteiger partial charge in [0.15, 0.2) is 0 Å². The molecule has 0 aromatic carbocycles. The van der Waals surface area contributed by atoms with Gasteiger partial charge in [-0.2, -0.15) is 11.8 Å². The SMILES string of the molecule is CC(C)CNCc1cnc(N2CCCSCC2)nc1. The number of nitrogens with zero attached hydrogens (tertiary/aromatic N) is 3. The monoisotopic (exact) mass is 280 g/mol. The predicted octanol–water partition coefficient (Wildman–Crippen LogP) is 2.17. The predicted molar refractivity (Wildman–Crippen MR) is 82.7 cm³/mol. The van der Waals surface area contributed by atoms with Crippen LogP contribution in [0.15, 0.2) is 12.4 Å². The first-order chi connectivity index (χ1) is 9.25. The highest BCUT2D eigenvalue weighted by Gasteiger charge is 2.12. The summed E-state index contributed by atoms with van der Waals surface area (Å²) < 4.78 is 0. The molecule has 0 radical (unpaired) electrons. The molecule has 1 aliphatic heterocycles. The molecule has 1 aliphatic rings. The fraction of sp³-hybridized carbons (Fsp3) is 0.714. The van der Waals surface area contributed by atoms with Gasteiger partial charge in [0.05, 0.1) is 0 Å². The second-order valence-electron chi connectivity index (χ2n) is 5.37. The third-order valence-electron chi connectivity index (χ3n) is 3.08. The van der Waals surface area contributed by atoms with E-state index in [0.29, 0.717) is 5.92 Å². The minimum atomic E-state index is 0.676. The van der Waals surface area contributed by atoms with E-state index in [1.54, 1.807) is 0 Å². The number of hydrogen-bond donors (Lipinski definition) is 1. The summed E-state index contributed by atoms with van der Waals surface area (Å²) in [6.07, 6.45) is 5.13. The van der Waals surface area contributed by atoms with E-state index in [4.69, 9.17) is 0 Å². The molecule has 0 saturated carbocycles. The van der Waals surface area contributed by atoms with Gasteiger partial charge >= 0.3 is 0 Å². The van der Waals surface area contributed by atoms with E-state index < -0.39 is 0 Å². The molecule has 2 rings (SSSR count). The van der Waals surface area contributed by atoms with Gasteiger partial charge < -0.3 is 10.2 Å². The molecule has 1 fully saturated rings. The molecule has 1 aromatic rings. The third-order valence-corrected chi connectivity index (χ3v) is 4.13. The van der Waals surface area contributed by atoms with Crippen LogP contribution in [0.1, 0.15) is 25.8 Å². The van der Waals surface area contributed by atoms with Crippen LogP contribution < -0.4 is 10.2 Å². The highest BCUT2D eigenvalue weighted by molar-refractivity contribution is 7.99. The summed E-state index contributed by atoms with van der Waals surface area (Å²) in [5.74, 6) is 4.00. The summed E-state index contributed by atoms with van der Waals surface area (Å²) in [6, 6.07) is 0. The summed E-state index contributed by atoms with van der Waals surface area (Å²) >= 11 is 2.02. The van der Waals surface area contributed by atoms with Crippen LogP contribution in [0.25, 0.3) is 0 Å². The van der Waals surface area contributed by atoms with Gasteiger partial charge in [0.2, 0.25) is 5.95 Å². The molecule has 0 unspecified atom stereocenters. The summed E-state index contributed by atoms with van der Waals surface area (Å²) in [5, 5.41) is 3.41. The Balaban J connectivity index is 1.86. The van der Waals surface area contributed by atoms with Gasteiger partial charge in [-0.05, 0) is 24.6 Å². The molecule has 0 aliphatic carbocycles. The average Bonchev–Trinajstić information content (AvgIpc) is 2.68. The number of nitrogens with one attached hydrogen (secondary N) is 1. The Kier molecular flexibility index (Phi) is 5.92. The second-order valence-corrected chi connectivity index (χ2v) is 6.59. The van der Waals surface area contributed by atoms with Gasteiger partial charge in [-0.15, -0.1) is 0 Å². The maximum atomic E-state index is 4.51. The van der Waals surface area contributed by atoms with E-state index in [1.165, 1.54) is 17.9 Å². The van der Waals surface area contributed by atoms with Crippen molar-refractivity contribution in [2.45, 2.75) is 26.8 Å². The van der Waals surface area contributed by atoms with Crippen molar-refractivity contribution >= 4 is 17.7 Å². The standard InChI is InChI=1S/C14H24N4S/c1-12(2)8-15-9-13-10-16-14(17-11-13)18-4-3-6-19-7-5-18/h10-12,15H,3-9H2,1-2H3. The number of hydrogen-bond acceptors (Lipinski definition) is 5. The Hall–Kier alpha value is -0.810. The molecular formula is C14H24N4S. The highest BCUT2D eigenvalue weighted by Crippen LogP contribution is 2.14. The molecule has 4 nitrogen and oxygen atoms in total. The first-order valence-corrected chi connectivity index (χ1v) is 8.25. The maximum Gasteiger partial charge on any atom is 0.225 e. The van der Waals surface area contributed by atoms with Crippen molar-refractivity contribution in [1.29, 1.82) is 0 Å². The van der Waals surface area contributed by atoms with E-state index in [-0.39, 0.29) is 0 Å². The van der Waals surface area contributed by atoms with Crippen LogP contribution in [0.4, 0.5) is 5.95 Å². The van der Waals surface area contributed by atoms with Gasteiger partial charge in [-0.1, -0.05) is 13.8 Å². The Labute approximate surface area is 120 Å². The number of aromatic nitrogens is 2. The van der Waals surface area contributed by atoms with E-state index in [0.717, 1.165) is 37.7 Å². The van der Waals surface area contributed by atoms with Gasteiger partial charge in [-0.3, -0.25) is 0 Å². The fourth-order valence-electron chi connectivity index (χ4n) is 2.05. The second kappa shape index (κ2) is 7.70. The smallest absolute Gasteiger partial charge is 0.225 e. The Morgan fingerprint density at radius 3 is 2.79 bits per heavy atom. The van der Waals surface area contributed by atoms with Crippen molar-refractivity contribution < 1.29 is 0 Å². The van der Waals surface area contributed by atoms with Gasteiger partial charge in [0, 0.05) is 43.3 Å². The molecular weight excluding hydrogens is 256 g/mol. The lowest BCUT2D eigenvalue weighted by molar-refractivity contribution is 0.551. The molecule has 0 amide bonds. The molecule has 0 spiro atoms. The highest BCUT2D eigenvalue weighted by atomic mass is 32.2. The van der Waals surface area contributed by atoms with Crippen molar-refractivity contribution in [2.75, 3.05) is 36.0 Å². The van der Waals surface area contributed by atoms with E-state index in [1.807, 2.05) is 24.2 Å². The zero-order valence-electron chi connectivity index (χ0n) is 11.9. The maximum absolute atomic E-state index is 4.51. The first-order valence-electron chi connectivity index (χ1n) is 7.10. The minimum absolute atomic E-state index is 0.676. The van der Waals surface area contributed by atoms with Gasteiger partial charge in [-0.25, -0.2) is 9.97 Å². The topological polar surface area (TPSA) is 41.1 Å². The molecule has 0 atom stereocenters. The zero-order chi connectivity index (χ0) is 13.5. The molecule has 106 valence electrons. The largest absolute Gasteiger partial charge is 0.340 e. The van der Waals surface area contributed by atoms with Crippen molar-refractivity contribution in [3.63, 3.8) is 0 Å². The lowest BCUT2D eigenvalue weighted by Gasteiger charge is -2.19. The van der Waals surface area contributed by atoms with Crippen LogP contribution >= 0.6 is 11.8 Å². The van der Waals surface area contributed by atoms with Gasteiger partial charge in [0.25, 0.3) is 0 Å². The minimum Gasteiger partial charge on any atom is -0.340 e. The molecule has 5 heteroatoms. The van der Waals surface area contributed by atoms with E-state index in [9.17, 15) is 0 Å². The van der Waals surface area contributed by atoms with Crippen molar-refractivity contribution in [3.8, 4) is 0 Å². The third kappa shape index (κ3) is 4.99. The van der Waals surface area contributed by atoms with Crippen LogP contribution in [0, 0.1) is 5.92 Å². The molecule has 1 saturated heterocycles. The van der Waals surface area contributed by atoms with Crippen LogP contribution in [0.2, 0.25) is 0 Å². The van der Waals surface area contributed by atoms with Crippen molar-refractivity contribution in [2.24, 2.45) is 5.92 Å². The number of anilines is 1. The van der Waals surface area contributed by atoms with Gasteiger partial charge in [0.1, 0.15) is 0 Å². The van der Waals surface area contributed by atoms with Crippen LogP contribution in [-0.2, 0) is 6.54 Å². The quantitative estimate of drug-likeness (QED) is 0.895. The summed E-state index contributed by atoms with van der Waals surface area (Å²) in [5.41, 5.74) is 1.16. The Bertz CT molecular complexity index is 358. The molecule has 1 N–H and O–H groups in total. The molecule has 19 heavy (non-hydrogen) atoms. The summed E-state index contributed by atoms with van der Waals surface area (Å²) in [4.78, 5) is 11.3. The average molecular weight is 280 g/mol. The molecule has 2 heterocycles. The van der Waals surface area contributed by atoms with Crippen molar-refractivity contribution in [3.05, 3.63) is 18.0 Å². The molecule has 1 aromatic heterocycles. The number of rotatable bonds is 5.